The molecule has 2 heterocycles. The van der Waals surface area contributed by atoms with Crippen LogP contribution in [0.15, 0.2) is 35.1 Å². The number of hydrogen-bond donors (Lipinski definition) is 2. The van der Waals surface area contributed by atoms with Crippen molar-refractivity contribution in [1.82, 2.24) is 9.97 Å². The van der Waals surface area contributed by atoms with Crippen molar-refractivity contribution in [2.24, 2.45) is 0 Å². The number of nitrogens with zero attached hydrogens (tertiary/aromatic N) is 1. The molecular formula is C10H9BrClN3. The van der Waals surface area contributed by atoms with Gasteiger partial charge in [-0.15, -0.1) is 0 Å². The fourth-order valence-corrected chi connectivity index (χ4v) is 1.72. The Balaban J connectivity index is 2.07. The molecule has 2 aromatic heterocycles. The highest BCUT2D eigenvalue weighted by Crippen LogP contribution is 2.23. The first kappa shape index (κ1) is 10.5. The van der Waals surface area contributed by atoms with Crippen molar-refractivity contribution in [3.8, 4) is 0 Å². The topological polar surface area (TPSA) is 40.7 Å². The molecule has 0 aliphatic carbocycles. The first-order valence-electron chi connectivity index (χ1n) is 4.43. The fraction of sp³-hybridized carbons (Fsp3) is 0.100. The molecular weight excluding hydrogens is 277 g/mol. The zero-order chi connectivity index (χ0) is 10.7. The van der Waals surface area contributed by atoms with Gasteiger partial charge in [-0.1, -0.05) is 11.6 Å². The lowest BCUT2D eigenvalue weighted by molar-refractivity contribution is 1.07. The van der Waals surface area contributed by atoms with Crippen LogP contribution in [0, 0.1) is 0 Å². The second kappa shape index (κ2) is 4.68. The van der Waals surface area contributed by atoms with E-state index in [1.165, 1.54) is 0 Å². The number of nitrogens with one attached hydrogen (secondary N) is 2. The average Bonchev–Trinajstić information content (AvgIpc) is 2.72. The molecule has 0 unspecified atom stereocenters. The molecule has 0 fully saturated rings. The van der Waals surface area contributed by atoms with Crippen molar-refractivity contribution in [2.75, 3.05) is 5.32 Å². The third-order valence-corrected chi connectivity index (χ3v) is 2.67. The van der Waals surface area contributed by atoms with Crippen LogP contribution in [0.4, 0.5) is 5.69 Å². The van der Waals surface area contributed by atoms with E-state index in [0.29, 0.717) is 11.7 Å². The van der Waals surface area contributed by atoms with Gasteiger partial charge in [0.15, 0.2) is 5.15 Å². The maximum atomic E-state index is 5.93. The molecule has 0 aliphatic heterocycles. The molecule has 2 aromatic rings. The van der Waals surface area contributed by atoms with Crippen LogP contribution in [-0.4, -0.2) is 9.97 Å². The standard InChI is InChI=1S/C10H9BrClN3/c11-7-4-9(10(12)15-5-7)14-6-8-2-1-3-13-8/h1-5,13-14H,6H2. The van der Waals surface area contributed by atoms with Crippen molar-refractivity contribution in [3.05, 3.63) is 45.9 Å². The van der Waals surface area contributed by atoms with Crippen LogP contribution in [0.2, 0.25) is 5.15 Å². The Morgan fingerprint density at radius 1 is 1.53 bits per heavy atom. The predicted molar refractivity (Wildman–Crippen MR) is 65.1 cm³/mol. The number of anilines is 1. The number of aromatic nitrogens is 2. The van der Waals surface area contributed by atoms with Gasteiger partial charge in [-0.25, -0.2) is 4.98 Å². The highest BCUT2D eigenvalue weighted by atomic mass is 79.9. The molecule has 0 amide bonds. The van der Waals surface area contributed by atoms with Gasteiger partial charge >= 0.3 is 0 Å². The molecule has 3 nitrogen and oxygen atoms in total. The van der Waals surface area contributed by atoms with Crippen molar-refractivity contribution in [2.45, 2.75) is 6.54 Å². The molecule has 2 rings (SSSR count). The SMILES string of the molecule is Clc1ncc(Br)cc1NCc1ccc[nH]1. The first-order chi connectivity index (χ1) is 7.25. The third-order valence-electron chi connectivity index (χ3n) is 1.94. The van der Waals surface area contributed by atoms with Gasteiger partial charge < -0.3 is 10.3 Å². The summed E-state index contributed by atoms with van der Waals surface area (Å²) in [6, 6.07) is 5.86. The average molecular weight is 287 g/mol. The number of aromatic amines is 1. The van der Waals surface area contributed by atoms with Crippen LogP contribution < -0.4 is 5.32 Å². The summed E-state index contributed by atoms with van der Waals surface area (Å²) in [5, 5.41) is 3.68. The highest BCUT2D eigenvalue weighted by Gasteiger charge is 2.02. The molecule has 15 heavy (non-hydrogen) atoms. The minimum atomic E-state index is 0.477. The molecule has 2 N–H and O–H groups in total. The van der Waals surface area contributed by atoms with E-state index in [0.717, 1.165) is 15.9 Å². The Morgan fingerprint density at radius 2 is 2.40 bits per heavy atom. The number of pyridine rings is 1. The summed E-state index contributed by atoms with van der Waals surface area (Å²) in [5.74, 6) is 0. The smallest absolute Gasteiger partial charge is 0.152 e. The Morgan fingerprint density at radius 3 is 3.13 bits per heavy atom. The molecule has 0 aromatic carbocycles. The highest BCUT2D eigenvalue weighted by molar-refractivity contribution is 9.10. The first-order valence-corrected chi connectivity index (χ1v) is 5.60. The zero-order valence-corrected chi connectivity index (χ0v) is 10.1. The van der Waals surface area contributed by atoms with E-state index in [9.17, 15) is 0 Å². The van der Waals surface area contributed by atoms with Crippen molar-refractivity contribution < 1.29 is 0 Å². The van der Waals surface area contributed by atoms with E-state index >= 15 is 0 Å². The second-order valence-corrected chi connectivity index (χ2v) is 4.31. The summed E-state index contributed by atoms with van der Waals surface area (Å²) in [7, 11) is 0. The summed E-state index contributed by atoms with van der Waals surface area (Å²) < 4.78 is 0.904. The largest absolute Gasteiger partial charge is 0.377 e. The quantitative estimate of drug-likeness (QED) is 0.849. The van der Waals surface area contributed by atoms with Crippen LogP contribution in [0.25, 0.3) is 0 Å². The van der Waals surface area contributed by atoms with E-state index in [1.807, 2.05) is 24.4 Å². The molecule has 0 bridgehead atoms. The number of hydrogen-bond acceptors (Lipinski definition) is 2. The number of halogens is 2. The lowest BCUT2D eigenvalue weighted by Crippen LogP contribution is -2.00. The molecule has 0 aliphatic rings. The van der Waals surface area contributed by atoms with Gasteiger partial charge in [-0.2, -0.15) is 0 Å². The Labute approximate surface area is 101 Å². The van der Waals surface area contributed by atoms with E-state index < -0.39 is 0 Å². The molecule has 0 saturated heterocycles. The summed E-state index contributed by atoms with van der Waals surface area (Å²) in [5.41, 5.74) is 1.92. The van der Waals surface area contributed by atoms with Crippen molar-refractivity contribution in [1.29, 1.82) is 0 Å². The van der Waals surface area contributed by atoms with Crippen LogP contribution in [0.3, 0.4) is 0 Å². The van der Waals surface area contributed by atoms with Crippen LogP contribution in [0.5, 0.6) is 0 Å². The van der Waals surface area contributed by atoms with Gasteiger partial charge in [-0.3, -0.25) is 0 Å². The summed E-state index contributed by atoms with van der Waals surface area (Å²) >= 11 is 9.28. The van der Waals surface area contributed by atoms with E-state index in [-0.39, 0.29) is 0 Å². The molecule has 78 valence electrons. The van der Waals surface area contributed by atoms with Gasteiger partial charge in [0.05, 0.1) is 12.2 Å². The van der Waals surface area contributed by atoms with Gasteiger partial charge in [-0.05, 0) is 34.1 Å². The predicted octanol–water partition coefficient (Wildman–Crippen LogP) is 3.44. The van der Waals surface area contributed by atoms with E-state index in [2.05, 4.69) is 31.2 Å². The molecule has 0 atom stereocenters. The maximum absolute atomic E-state index is 5.93. The van der Waals surface area contributed by atoms with Gasteiger partial charge in [0.1, 0.15) is 0 Å². The van der Waals surface area contributed by atoms with Crippen LogP contribution in [-0.2, 0) is 6.54 Å². The van der Waals surface area contributed by atoms with Gasteiger partial charge in [0.2, 0.25) is 0 Å². The van der Waals surface area contributed by atoms with Gasteiger partial charge in [0, 0.05) is 22.6 Å². The molecule has 0 spiro atoms. The zero-order valence-electron chi connectivity index (χ0n) is 7.80. The summed E-state index contributed by atoms with van der Waals surface area (Å²) in [4.78, 5) is 7.13. The lowest BCUT2D eigenvalue weighted by Gasteiger charge is -2.06. The van der Waals surface area contributed by atoms with Crippen molar-refractivity contribution >= 4 is 33.2 Å². The Hall–Kier alpha value is -1.00. The minimum absolute atomic E-state index is 0.477. The monoisotopic (exact) mass is 285 g/mol. The normalized spacial score (nSPS) is 10.3. The summed E-state index contributed by atoms with van der Waals surface area (Å²) in [6.07, 6.45) is 3.56. The fourth-order valence-electron chi connectivity index (χ4n) is 1.21. The summed E-state index contributed by atoms with van der Waals surface area (Å²) in [6.45, 7) is 0.699. The Bertz CT molecular complexity index is 442. The molecule has 0 saturated carbocycles. The Kier molecular flexibility index (Phi) is 3.28. The molecule has 0 radical (unpaired) electrons. The van der Waals surface area contributed by atoms with Crippen LogP contribution in [0.1, 0.15) is 5.69 Å². The van der Waals surface area contributed by atoms with E-state index in [4.69, 9.17) is 11.6 Å². The van der Waals surface area contributed by atoms with Crippen LogP contribution >= 0.6 is 27.5 Å². The second-order valence-electron chi connectivity index (χ2n) is 3.04. The number of rotatable bonds is 3. The van der Waals surface area contributed by atoms with Gasteiger partial charge in [0.25, 0.3) is 0 Å². The maximum Gasteiger partial charge on any atom is 0.152 e. The third kappa shape index (κ3) is 2.73. The van der Waals surface area contributed by atoms with Crippen molar-refractivity contribution in [3.63, 3.8) is 0 Å². The molecule has 5 heteroatoms. The lowest BCUT2D eigenvalue weighted by atomic mass is 10.4. The van der Waals surface area contributed by atoms with E-state index in [1.54, 1.807) is 6.20 Å². The minimum Gasteiger partial charge on any atom is -0.377 e. The number of H-pyrrole nitrogens is 1.